The van der Waals surface area contributed by atoms with Crippen LogP contribution in [0, 0.1) is 6.92 Å². The van der Waals surface area contributed by atoms with Gasteiger partial charge in [0, 0.05) is 16.3 Å². The Balaban J connectivity index is 1.94. The second-order valence-corrected chi connectivity index (χ2v) is 5.49. The smallest absolute Gasteiger partial charge is 0.251 e. The van der Waals surface area contributed by atoms with E-state index in [9.17, 15) is 4.79 Å². The van der Waals surface area contributed by atoms with Crippen LogP contribution in [0.4, 0.5) is 0 Å². The first-order valence-corrected chi connectivity index (χ1v) is 7.53. The van der Waals surface area contributed by atoms with E-state index in [0.717, 1.165) is 21.6 Å². The molecular weight excluding hydrogens is 312 g/mol. The molecule has 0 aliphatic carbocycles. The van der Waals surface area contributed by atoms with Gasteiger partial charge in [-0.05, 0) is 24.6 Å². The number of amides is 1. The zero-order valence-electron chi connectivity index (χ0n) is 9.94. The van der Waals surface area contributed by atoms with Crippen LogP contribution in [0.15, 0.2) is 29.6 Å². The molecule has 1 heterocycles. The van der Waals surface area contributed by atoms with Gasteiger partial charge in [0.25, 0.3) is 5.91 Å². The van der Waals surface area contributed by atoms with Gasteiger partial charge in [-0.15, -0.1) is 11.3 Å². The lowest BCUT2D eigenvalue weighted by Gasteiger charge is -2.04. The second-order valence-electron chi connectivity index (χ2n) is 3.87. The van der Waals surface area contributed by atoms with Gasteiger partial charge in [0.1, 0.15) is 0 Å². The highest BCUT2D eigenvalue weighted by Gasteiger charge is 2.06. The first-order chi connectivity index (χ1) is 8.69. The molecule has 0 radical (unpaired) electrons. The summed E-state index contributed by atoms with van der Waals surface area (Å²) in [5.41, 5.74) is 2.73. The highest BCUT2D eigenvalue weighted by atomic mass is 79.9. The number of carbonyl (C=O) groups excluding carboxylic acids is 1. The van der Waals surface area contributed by atoms with Crippen LogP contribution >= 0.6 is 27.3 Å². The standard InChI is InChI=1S/C13H13BrN2OS/c1-9-16-12(8-18-9)7-15-13(17)11-4-2-10(6-14)3-5-11/h2-5,8H,6-7H2,1H3,(H,15,17). The van der Waals surface area contributed by atoms with Crippen molar-refractivity contribution >= 4 is 33.2 Å². The van der Waals surface area contributed by atoms with Gasteiger partial charge in [-0.25, -0.2) is 4.98 Å². The monoisotopic (exact) mass is 324 g/mol. The molecule has 2 rings (SSSR count). The summed E-state index contributed by atoms with van der Waals surface area (Å²) in [5.74, 6) is -0.0678. The SMILES string of the molecule is Cc1nc(CNC(=O)c2ccc(CBr)cc2)cs1. The van der Waals surface area contributed by atoms with Crippen molar-refractivity contribution in [2.45, 2.75) is 18.8 Å². The summed E-state index contributed by atoms with van der Waals surface area (Å²) < 4.78 is 0. The molecule has 0 atom stereocenters. The van der Waals surface area contributed by atoms with E-state index >= 15 is 0 Å². The van der Waals surface area contributed by atoms with Crippen LogP contribution in [-0.4, -0.2) is 10.9 Å². The van der Waals surface area contributed by atoms with Crippen molar-refractivity contribution in [3.05, 3.63) is 51.5 Å². The molecule has 0 saturated carbocycles. The third-order valence-electron chi connectivity index (χ3n) is 2.47. The van der Waals surface area contributed by atoms with Crippen molar-refractivity contribution in [1.82, 2.24) is 10.3 Å². The molecule has 1 amide bonds. The number of aryl methyl sites for hydroxylation is 1. The Morgan fingerprint density at radius 3 is 2.67 bits per heavy atom. The average Bonchev–Trinajstić information content (AvgIpc) is 2.82. The maximum atomic E-state index is 11.9. The maximum Gasteiger partial charge on any atom is 0.251 e. The summed E-state index contributed by atoms with van der Waals surface area (Å²) in [6.07, 6.45) is 0. The summed E-state index contributed by atoms with van der Waals surface area (Å²) in [6.45, 7) is 2.43. The van der Waals surface area contributed by atoms with Crippen LogP contribution in [0.3, 0.4) is 0 Å². The molecule has 94 valence electrons. The normalized spacial score (nSPS) is 10.3. The zero-order valence-corrected chi connectivity index (χ0v) is 12.3. The predicted molar refractivity (Wildman–Crippen MR) is 77.1 cm³/mol. The molecule has 2 aromatic rings. The molecule has 0 fully saturated rings. The molecule has 3 nitrogen and oxygen atoms in total. The van der Waals surface area contributed by atoms with Crippen LogP contribution in [0.5, 0.6) is 0 Å². The number of rotatable bonds is 4. The third-order valence-corrected chi connectivity index (χ3v) is 3.94. The number of alkyl halides is 1. The molecular formula is C13H13BrN2OS. The fourth-order valence-corrected chi connectivity index (χ4v) is 2.49. The quantitative estimate of drug-likeness (QED) is 0.877. The van der Waals surface area contributed by atoms with Gasteiger partial charge in [0.05, 0.1) is 17.2 Å². The highest BCUT2D eigenvalue weighted by molar-refractivity contribution is 9.08. The molecule has 18 heavy (non-hydrogen) atoms. The van der Waals surface area contributed by atoms with Gasteiger partial charge in [-0.2, -0.15) is 0 Å². The summed E-state index contributed by atoms with van der Waals surface area (Å²) in [7, 11) is 0. The van der Waals surface area contributed by atoms with E-state index in [1.54, 1.807) is 11.3 Å². The maximum absolute atomic E-state index is 11.9. The van der Waals surface area contributed by atoms with E-state index in [2.05, 4.69) is 26.2 Å². The van der Waals surface area contributed by atoms with E-state index in [1.807, 2.05) is 36.6 Å². The van der Waals surface area contributed by atoms with Gasteiger partial charge in [-0.1, -0.05) is 28.1 Å². The zero-order chi connectivity index (χ0) is 13.0. The molecule has 0 aliphatic heterocycles. The molecule has 1 aromatic carbocycles. The Bertz CT molecular complexity index is 536. The lowest BCUT2D eigenvalue weighted by atomic mass is 10.1. The van der Waals surface area contributed by atoms with E-state index in [0.29, 0.717) is 12.1 Å². The first-order valence-electron chi connectivity index (χ1n) is 5.53. The molecule has 1 N–H and O–H groups in total. The largest absolute Gasteiger partial charge is 0.346 e. The topological polar surface area (TPSA) is 42.0 Å². The van der Waals surface area contributed by atoms with Gasteiger partial charge in [0.2, 0.25) is 0 Å². The summed E-state index contributed by atoms with van der Waals surface area (Å²) >= 11 is 4.96. The lowest BCUT2D eigenvalue weighted by Crippen LogP contribution is -2.22. The number of carbonyl (C=O) groups is 1. The fraction of sp³-hybridized carbons (Fsp3) is 0.231. The second kappa shape index (κ2) is 6.11. The molecule has 5 heteroatoms. The minimum atomic E-state index is -0.0678. The summed E-state index contributed by atoms with van der Waals surface area (Å²) in [5, 5.41) is 6.63. The van der Waals surface area contributed by atoms with Crippen LogP contribution < -0.4 is 5.32 Å². The van der Waals surface area contributed by atoms with E-state index in [-0.39, 0.29) is 5.91 Å². The average molecular weight is 325 g/mol. The Kier molecular flexibility index (Phi) is 4.49. The Morgan fingerprint density at radius 1 is 1.39 bits per heavy atom. The van der Waals surface area contributed by atoms with Gasteiger partial charge in [0.15, 0.2) is 0 Å². The lowest BCUT2D eigenvalue weighted by molar-refractivity contribution is 0.0950. The van der Waals surface area contributed by atoms with Crippen LogP contribution in [0.25, 0.3) is 0 Å². The van der Waals surface area contributed by atoms with Crippen LogP contribution in [-0.2, 0) is 11.9 Å². The van der Waals surface area contributed by atoms with E-state index in [4.69, 9.17) is 0 Å². The van der Waals surface area contributed by atoms with Crippen LogP contribution in [0.2, 0.25) is 0 Å². The third kappa shape index (κ3) is 3.40. The number of aromatic nitrogens is 1. The minimum Gasteiger partial charge on any atom is -0.346 e. The number of hydrogen-bond donors (Lipinski definition) is 1. The Hall–Kier alpha value is -1.20. The number of nitrogens with one attached hydrogen (secondary N) is 1. The fourth-order valence-electron chi connectivity index (χ4n) is 1.51. The van der Waals surface area contributed by atoms with Gasteiger partial charge >= 0.3 is 0 Å². The number of nitrogens with zero attached hydrogens (tertiary/aromatic N) is 1. The van der Waals surface area contributed by atoms with Crippen molar-refractivity contribution in [2.75, 3.05) is 0 Å². The number of hydrogen-bond acceptors (Lipinski definition) is 3. The summed E-state index contributed by atoms with van der Waals surface area (Å²) in [4.78, 5) is 16.2. The minimum absolute atomic E-state index is 0.0678. The Labute approximate surface area is 118 Å². The molecule has 0 spiro atoms. The van der Waals surface area contributed by atoms with E-state index < -0.39 is 0 Å². The first kappa shape index (κ1) is 13.2. The van der Waals surface area contributed by atoms with E-state index in [1.165, 1.54) is 0 Å². The summed E-state index contributed by atoms with van der Waals surface area (Å²) in [6, 6.07) is 7.55. The predicted octanol–water partition coefficient (Wildman–Crippen LogP) is 3.28. The van der Waals surface area contributed by atoms with Crippen molar-refractivity contribution in [2.24, 2.45) is 0 Å². The molecule has 0 bridgehead atoms. The molecule has 0 unspecified atom stereocenters. The van der Waals surface area contributed by atoms with Crippen molar-refractivity contribution < 1.29 is 4.79 Å². The number of halogens is 1. The van der Waals surface area contributed by atoms with Crippen LogP contribution in [0.1, 0.15) is 26.6 Å². The molecule has 0 aliphatic rings. The number of benzene rings is 1. The van der Waals surface area contributed by atoms with Crippen molar-refractivity contribution in [1.29, 1.82) is 0 Å². The highest BCUT2D eigenvalue weighted by Crippen LogP contribution is 2.09. The molecule has 0 saturated heterocycles. The molecule has 1 aromatic heterocycles. The van der Waals surface area contributed by atoms with Crippen molar-refractivity contribution in [3.8, 4) is 0 Å². The number of thiazole rings is 1. The van der Waals surface area contributed by atoms with Crippen molar-refractivity contribution in [3.63, 3.8) is 0 Å². The van der Waals surface area contributed by atoms with Gasteiger partial charge < -0.3 is 5.32 Å². The van der Waals surface area contributed by atoms with Gasteiger partial charge in [-0.3, -0.25) is 4.79 Å². The Morgan fingerprint density at radius 2 is 2.11 bits per heavy atom.